The first-order valence-corrected chi connectivity index (χ1v) is 10.0. The van der Waals surface area contributed by atoms with E-state index in [0.29, 0.717) is 5.56 Å². The van der Waals surface area contributed by atoms with Gasteiger partial charge in [-0.1, -0.05) is 12.1 Å². The summed E-state index contributed by atoms with van der Waals surface area (Å²) in [6, 6.07) is 7.59. The Morgan fingerprint density at radius 1 is 1.03 bits per heavy atom. The van der Waals surface area contributed by atoms with E-state index in [4.69, 9.17) is 23.4 Å². The zero-order chi connectivity index (χ0) is 23.3. The summed E-state index contributed by atoms with van der Waals surface area (Å²) < 4.78 is 26.8. The van der Waals surface area contributed by atoms with Crippen LogP contribution in [0.5, 0.6) is 23.0 Å². The molecule has 0 spiro atoms. The maximum atomic E-state index is 13.1. The third-order valence-electron chi connectivity index (χ3n) is 5.64. The number of ether oxygens (including phenoxy) is 4. The monoisotopic (exact) mass is 460 g/mol. The molecule has 11 heteroatoms. The molecule has 3 unspecified atom stereocenters. The number of aliphatic hydroxyl groups is 4. The second-order valence-corrected chi connectivity index (χ2v) is 7.65. The van der Waals surface area contributed by atoms with Gasteiger partial charge in [0, 0.05) is 6.07 Å². The Hall–Kier alpha value is -3.35. The fourth-order valence-electron chi connectivity index (χ4n) is 3.84. The molecule has 3 heterocycles. The molecule has 0 aliphatic carbocycles. The number of rotatable bonds is 4. The molecule has 5 rings (SSSR count). The molecule has 1 aromatic heterocycles. The van der Waals surface area contributed by atoms with Crippen molar-refractivity contribution in [3.63, 3.8) is 0 Å². The SMILES string of the molecule is O=c1c(-c2ccc(O[C@H]3OC(CO)[C@H](O)C(O)C3O)cc2)coc2cc3c(c(O)c12)OCO3. The highest BCUT2D eigenvalue weighted by molar-refractivity contribution is 5.91. The average molecular weight is 460 g/mol. The summed E-state index contributed by atoms with van der Waals surface area (Å²) in [5.74, 6) is 0.235. The van der Waals surface area contributed by atoms with Gasteiger partial charge in [-0.25, -0.2) is 0 Å². The van der Waals surface area contributed by atoms with E-state index in [1.807, 2.05) is 0 Å². The molecule has 2 aliphatic heterocycles. The first kappa shape index (κ1) is 21.5. The number of phenolic OH excluding ortho intramolecular Hbond substituents is 1. The highest BCUT2D eigenvalue weighted by Crippen LogP contribution is 2.44. The van der Waals surface area contributed by atoms with Gasteiger partial charge in [-0.2, -0.15) is 0 Å². The van der Waals surface area contributed by atoms with Crippen molar-refractivity contribution in [3.8, 4) is 34.1 Å². The maximum Gasteiger partial charge on any atom is 0.231 e. The van der Waals surface area contributed by atoms with E-state index in [2.05, 4.69) is 0 Å². The van der Waals surface area contributed by atoms with Gasteiger partial charge in [0.2, 0.25) is 24.3 Å². The van der Waals surface area contributed by atoms with E-state index < -0.39 is 42.7 Å². The van der Waals surface area contributed by atoms with E-state index in [0.717, 1.165) is 0 Å². The van der Waals surface area contributed by atoms with Crippen molar-refractivity contribution < 1.29 is 48.9 Å². The molecule has 174 valence electrons. The topological polar surface area (TPSA) is 168 Å². The van der Waals surface area contributed by atoms with Gasteiger partial charge in [0.1, 0.15) is 47.4 Å². The van der Waals surface area contributed by atoms with E-state index in [1.165, 1.54) is 24.5 Å². The summed E-state index contributed by atoms with van der Waals surface area (Å²) in [5.41, 5.74) is 0.308. The van der Waals surface area contributed by atoms with Crippen LogP contribution in [-0.2, 0) is 4.74 Å². The summed E-state index contributed by atoms with van der Waals surface area (Å²) in [6.45, 7) is -0.648. The van der Waals surface area contributed by atoms with Crippen molar-refractivity contribution in [3.05, 3.63) is 46.8 Å². The standard InChI is InChI=1S/C22H20O11/c23-6-14-17(25)19(27)20(28)22(33-14)32-10-3-1-9(2-4-10)11-7-29-12-5-13-21(31-8-30-13)18(26)15(12)16(11)24/h1-5,7,14,17,19-20,22-23,25-28H,6,8H2/t14?,17-,19?,20?,22-/m0/s1. The number of benzene rings is 2. The summed E-state index contributed by atoms with van der Waals surface area (Å²) in [5, 5.41) is 49.6. The van der Waals surface area contributed by atoms with E-state index in [9.17, 15) is 30.3 Å². The van der Waals surface area contributed by atoms with Crippen LogP contribution in [-0.4, -0.2) is 69.6 Å². The number of fused-ring (bicyclic) bond motifs is 2. The zero-order valence-electron chi connectivity index (χ0n) is 17.0. The van der Waals surface area contributed by atoms with Gasteiger partial charge in [-0.15, -0.1) is 0 Å². The molecule has 0 saturated carbocycles. The first-order valence-electron chi connectivity index (χ1n) is 10.0. The number of aliphatic hydroxyl groups excluding tert-OH is 4. The molecular formula is C22H20O11. The van der Waals surface area contributed by atoms with Crippen molar-refractivity contribution in [2.24, 2.45) is 0 Å². The van der Waals surface area contributed by atoms with Crippen LogP contribution in [0.3, 0.4) is 0 Å². The first-order chi connectivity index (χ1) is 15.9. The van der Waals surface area contributed by atoms with Crippen LogP contribution >= 0.6 is 0 Å². The van der Waals surface area contributed by atoms with Gasteiger partial charge in [0.05, 0.1) is 12.2 Å². The number of phenols is 1. The zero-order valence-corrected chi connectivity index (χ0v) is 17.0. The van der Waals surface area contributed by atoms with Gasteiger partial charge in [-0.05, 0) is 17.7 Å². The quantitative estimate of drug-likeness (QED) is 0.357. The van der Waals surface area contributed by atoms with Crippen LogP contribution in [0.15, 0.2) is 45.8 Å². The summed E-state index contributed by atoms with van der Waals surface area (Å²) in [7, 11) is 0. The molecule has 5 N–H and O–H groups in total. The number of aromatic hydroxyl groups is 1. The third kappa shape index (κ3) is 3.56. The minimum absolute atomic E-state index is 0.0432. The Bertz CT molecular complexity index is 1230. The third-order valence-corrected chi connectivity index (χ3v) is 5.64. The number of hydrogen-bond donors (Lipinski definition) is 5. The largest absolute Gasteiger partial charge is 0.504 e. The van der Waals surface area contributed by atoms with Crippen LogP contribution in [0.2, 0.25) is 0 Å². The molecule has 1 fully saturated rings. The Labute approximate surface area is 185 Å². The lowest BCUT2D eigenvalue weighted by atomic mass is 9.99. The average Bonchev–Trinajstić information content (AvgIpc) is 3.29. The molecule has 3 aromatic rings. The highest BCUT2D eigenvalue weighted by Gasteiger charge is 2.44. The molecular weight excluding hydrogens is 440 g/mol. The van der Waals surface area contributed by atoms with Crippen molar-refractivity contribution >= 4 is 11.0 Å². The maximum absolute atomic E-state index is 13.1. The van der Waals surface area contributed by atoms with Crippen molar-refractivity contribution in [1.29, 1.82) is 0 Å². The Balaban J connectivity index is 1.42. The summed E-state index contributed by atoms with van der Waals surface area (Å²) in [6.07, 6.45) is -5.78. The van der Waals surface area contributed by atoms with Gasteiger partial charge < -0.3 is 48.9 Å². The van der Waals surface area contributed by atoms with E-state index >= 15 is 0 Å². The second kappa shape index (κ2) is 8.21. The lowest BCUT2D eigenvalue weighted by Crippen LogP contribution is -2.60. The van der Waals surface area contributed by atoms with Gasteiger partial charge in [-0.3, -0.25) is 4.79 Å². The molecule has 5 atom stereocenters. The Morgan fingerprint density at radius 2 is 1.79 bits per heavy atom. The molecule has 33 heavy (non-hydrogen) atoms. The van der Waals surface area contributed by atoms with Crippen LogP contribution in [0.25, 0.3) is 22.1 Å². The molecule has 0 radical (unpaired) electrons. The molecule has 11 nitrogen and oxygen atoms in total. The van der Waals surface area contributed by atoms with Gasteiger partial charge in [0.15, 0.2) is 11.5 Å². The van der Waals surface area contributed by atoms with Crippen LogP contribution in [0.4, 0.5) is 0 Å². The van der Waals surface area contributed by atoms with Crippen molar-refractivity contribution in [2.75, 3.05) is 13.4 Å². The van der Waals surface area contributed by atoms with Crippen molar-refractivity contribution in [2.45, 2.75) is 30.7 Å². The number of hydrogen-bond acceptors (Lipinski definition) is 11. The van der Waals surface area contributed by atoms with Crippen LogP contribution in [0.1, 0.15) is 0 Å². The lowest BCUT2D eigenvalue weighted by molar-refractivity contribution is -0.277. The minimum atomic E-state index is -1.56. The summed E-state index contributed by atoms with van der Waals surface area (Å²) in [4.78, 5) is 13.1. The normalized spacial score (nSPS) is 26.5. The van der Waals surface area contributed by atoms with Gasteiger partial charge in [0.25, 0.3) is 0 Å². The predicted molar refractivity (Wildman–Crippen MR) is 110 cm³/mol. The smallest absolute Gasteiger partial charge is 0.231 e. The highest BCUT2D eigenvalue weighted by atomic mass is 16.7. The van der Waals surface area contributed by atoms with Crippen molar-refractivity contribution in [1.82, 2.24) is 0 Å². The van der Waals surface area contributed by atoms with Gasteiger partial charge >= 0.3 is 0 Å². The Morgan fingerprint density at radius 3 is 2.52 bits per heavy atom. The molecule has 2 aromatic carbocycles. The molecule has 1 saturated heterocycles. The fraction of sp³-hybridized carbons (Fsp3) is 0.318. The van der Waals surface area contributed by atoms with E-state index in [-0.39, 0.29) is 46.3 Å². The molecule has 0 amide bonds. The second-order valence-electron chi connectivity index (χ2n) is 7.65. The summed E-state index contributed by atoms with van der Waals surface area (Å²) >= 11 is 0. The Kier molecular flexibility index (Phi) is 5.35. The van der Waals surface area contributed by atoms with Crippen LogP contribution < -0.4 is 19.6 Å². The fourth-order valence-corrected chi connectivity index (χ4v) is 3.84. The van der Waals surface area contributed by atoms with E-state index in [1.54, 1.807) is 12.1 Å². The molecule has 2 aliphatic rings. The van der Waals surface area contributed by atoms with Crippen LogP contribution in [0, 0.1) is 0 Å². The minimum Gasteiger partial charge on any atom is -0.504 e. The molecule has 0 bridgehead atoms. The predicted octanol–water partition coefficient (Wildman–Crippen LogP) is 0.0730. The lowest BCUT2D eigenvalue weighted by Gasteiger charge is -2.39.